The molecule has 156 valence electrons. The van der Waals surface area contributed by atoms with Crippen molar-refractivity contribution in [3.05, 3.63) is 78.2 Å². The molecule has 1 aliphatic heterocycles. The van der Waals surface area contributed by atoms with E-state index in [0.717, 1.165) is 45.8 Å². The first-order valence-electron chi connectivity index (χ1n) is 10.4. The van der Waals surface area contributed by atoms with E-state index in [4.69, 9.17) is 4.74 Å². The molecule has 31 heavy (non-hydrogen) atoms. The molecule has 0 saturated heterocycles. The number of hydrogen-bond donors (Lipinski definition) is 1. The summed E-state index contributed by atoms with van der Waals surface area (Å²) in [7, 11) is 1.92. The van der Waals surface area contributed by atoms with Crippen LogP contribution in [-0.4, -0.2) is 47.8 Å². The van der Waals surface area contributed by atoms with Crippen molar-refractivity contribution in [2.24, 2.45) is 4.99 Å². The molecule has 0 amide bonds. The number of aromatic nitrogens is 3. The predicted octanol–water partition coefficient (Wildman–Crippen LogP) is 3.61. The van der Waals surface area contributed by atoms with Gasteiger partial charge < -0.3 is 15.0 Å². The van der Waals surface area contributed by atoms with E-state index in [0.29, 0.717) is 19.8 Å². The van der Waals surface area contributed by atoms with Crippen molar-refractivity contribution in [1.82, 2.24) is 20.1 Å². The second-order valence-corrected chi connectivity index (χ2v) is 7.39. The lowest BCUT2D eigenvalue weighted by molar-refractivity contribution is 0.318. The summed E-state index contributed by atoms with van der Waals surface area (Å²) < 4.78 is 7.94. The minimum absolute atomic E-state index is 0.570. The zero-order chi connectivity index (χ0) is 21.0. The normalized spacial score (nSPS) is 12.9. The summed E-state index contributed by atoms with van der Waals surface area (Å²) in [6.07, 6.45) is 5.63. The molecule has 7 heteroatoms. The topological polar surface area (TPSA) is 67.6 Å². The number of ether oxygens (including phenoxy) is 1. The fourth-order valence-electron chi connectivity index (χ4n) is 3.81. The monoisotopic (exact) mass is 412 g/mol. The fraction of sp³-hybridized carbons (Fsp3) is 0.208. The Morgan fingerprint density at radius 3 is 2.94 bits per heavy atom. The van der Waals surface area contributed by atoms with Crippen LogP contribution >= 0.6 is 0 Å². The van der Waals surface area contributed by atoms with Gasteiger partial charge in [-0.05, 0) is 49.5 Å². The smallest absolute Gasteiger partial charge is 0.130 e. The van der Waals surface area contributed by atoms with Crippen LogP contribution in [0.4, 0.5) is 11.4 Å². The van der Waals surface area contributed by atoms with Gasteiger partial charge in [0.15, 0.2) is 0 Å². The number of aliphatic imine (C=N–C) groups is 1. The molecule has 0 spiro atoms. The number of benzene rings is 2. The lowest BCUT2D eigenvalue weighted by Gasteiger charge is -2.28. The molecule has 0 aliphatic carbocycles. The van der Waals surface area contributed by atoms with Gasteiger partial charge in [-0.25, -0.2) is 0 Å². The maximum Gasteiger partial charge on any atom is 0.130 e. The van der Waals surface area contributed by atoms with Crippen molar-refractivity contribution in [2.45, 2.75) is 6.54 Å². The van der Waals surface area contributed by atoms with Crippen molar-refractivity contribution >= 4 is 28.5 Å². The largest absolute Gasteiger partial charge is 0.492 e. The standard InChI is InChI=1S/C24H24N6O/c1-25-11-12-31-24-7-4-6-23-21(24)15-26-17-29(23)20-8-9-22-18(13-20)14-28-30(22)16-19-5-2-3-10-27-19/h2-10,13-15,25H,11-12,16-17H2,1H3. The lowest BCUT2D eigenvalue weighted by Crippen LogP contribution is -2.23. The summed E-state index contributed by atoms with van der Waals surface area (Å²) in [4.78, 5) is 11.2. The number of fused-ring (bicyclic) bond motifs is 2. The van der Waals surface area contributed by atoms with Gasteiger partial charge in [0.1, 0.15) is 19.0 Å². The minimum Gasteiger partial charge on any atom is -0.492 e. The van der Waals surface area contributed by atoms with E-state index in [-0.39, 0.29) is 0 Å². The van der Waals surface area contributed by atoms with Crippen molar-refractivity contribution in [2.75, 3.05) is 31.8 Å². The van der Waals surface area contributed by atoms with E-state index in [1.165, 1.54) is 0 Å². The first-order chi connectivity index (χ1) is 15.3. The molecule has 1 aliphatic rings. The SMILES string of the molecule is CNCCOc1cccc2c1C=NCN2c1ccc2c(cnn2Cc2ccccn2)c1. The van der Waals surface area contributed by atoms with Crippen LogP contribution in [0.5, 0.6) is 5.75 Å². The van der Waals surface area contributed by atoms with Gasteiger partial charge in [-0.15, -0.1) is 0 Å². The first-order valence-corrected chi connectivity index (χ1v) is 10.4. The Morgan fingerprint density at radius 1 is 1.10 bits per heavy atom. The second-order valence-electron chi connectivity index (χ2n) is 7.39. The van der Waals surface area contributed by atoms with Gasteiger partial charge in [0.2, 0.25) is 0 Å². The highest BCUT2D eigenvalue weighted by Gasteiger charge is 2.19. The van der Waals surface area contributed by atoms with Crippen LogP contribution in [0.25, 0.3) is 10.9 Å². The van der Waals surface area contributed by atoms with E-state index in [1.807, 2.05) is 60.7 Å². The zero-order valence-corrected chi connectivity index (χ0v) is 17.4. The molecule has 0 fully saturated rings. The maximum atomic E-state index is 5.96. The van der Waals surface area contributed by atoms with Crippen LogP contribution in [0.2, 0.25) is 0 Å². The minimum atomic E-state index is 0.570. The van der Waals surface area contributed by atoms with Gasteiger partial charge in [0.25, 0.3) is 0 Å². The average molecular weight is 412 g/mol. The molecule has 4 aromatic rings. The van der Waals surface area contributed by atoms with Gasteiger partial charge in [0, 0.05) is 30.0 Å². The molecule has 2 aromatic heterocycles. The third kappa shape index (κ3) is 3.87. The Kier molecular flexibility index (Phi) is 5.33. The molecule has 0 saturated carbocycles. The number of likely N-dealkylation sites (N-methyl/N-ethyl adjacent to an activating group) is 1. The second kappa shape index (κ2) is 8.57. The lowest BCUT2D eigenvalue weighted by atomic mass is 10.1. The van der Waals surface area contributed by atoms with Crippen molar-refractivity contribution in [3.8, 4) is 5.75 Å². The molecule has 0 atom stereocenters. The van der Waals surface area contributed by atoms with Crippen LogP contribution in [0, 0.1) is 0 Å². The Bertz CT molecular complexity index is 1220. The van der Waals surface area contributed by atoms with Crippen LogP contribution in [0.3, 0.4) is 0 Å². The Balaban J connectivity index is 1.44. The summed E-state index contributed by atoms with van der Waals surface area (Å²) in [6.45, 7) is 2.63. The molecule has 0 bridgehead atoms. The molecular weight excluding hydrogens is 388 g/mol. The van der Waals surface area contributed by atoms with E-state index in [9.17, 15) is 0 Å². The van der Waals surface area contributed by atoms with Gasteiger partial charge in [0.05, 0.1) is 35.2 Å². The summed E-state index contributed by atoms with van der Waals surface area (Å²) in [5, 5.41) is 8.77. The van der Waals surface area contributed by atoms with Crippen LogP contribution in [-0.2, 0) is 6.54 Å². The maximum absolute atomic E-state index is 5.96. The molecule has 7 nitrogen and oxygen atoms in total. The molecule has 0 radical (unpaired) electrons. The summed E-state index contributed by atoms with van der Waals surface area (Å²) in [5.74, 6) is 0.852. The van der Waals surface area contributed by atoms with Crippen molar-refractivity contribution in [3.63, 3.8) is 0 Å². The van der Waals surface area contributed by atoms with Crippen molar-refractivity contribution in [1.29, 1.82) is 0 Å². The van der Waals surface area contributed by atoms with Crippen LogP contribution in [0.1, 0.15) is 11.3 Å². The van der Waals surface area contributed by atoms with E-state index >= 15 is 0 Å². The van der Waals surface area contributed by atoms with Gasteiger partial charge in [-0.2, -0.15) is 5.10 Å². The number of anilines is 2. The van der Waals surface area contributed by atoms with E-state index in [1.54, 1.807) is 0 Å². The Labute approximate surface area is 181 Å². The zero-order valence-electron chi connectivity index (χ0n) is 17.4. The summed E-state index contributed by atoms with van der Waals surface area (Å²) >= 11 is 0. The first kappa shape index (κ1) is 19.3. The van der Waals surface area contributed by atoms with Gasteiger partial charge in [-0.3, -0.25) is 14.7 Å². The van der Waals surface area contributed by atoms with E-state index < -0.39 is 0 Å². The molecule has 1 N–H and O–H groups in total. The molecule has 2 aromatic carbocycles. The molecule has 5 rings (SSSR count). The van der Waals surface area contributed by atoms with Gasteiger partial charge in [-0.1, -0.05) is 12.1 Å². The number of hydrogen-bond acceptors (Lipinski definition) is 6. The highest BCUT2D eigenvalue weighted by Crippen LogP contribution is 2.36. The molecular formula is C24H24N6O. The number of nitrogens with one attached hydrogen (secondary N) is 1. The van der Waals surface area contributed by atoms with E-state index in [2.05, 4.69) is 49.6 Å². The Hall–Kier alpha value is -3.71. The van der Waals surface area contributed by atoms with Crippen LogP contribution < -0.4 is 15.0 Å². The number of nitrogens with zero attached hydrogens (tertiary/aromatic N) is 5. The molecule has 0 unspecified atom stereocenters. The molecule has 3 heterocycles. The summed E-state index contributed by atoms with van der Waals surface area (Å²) in [6, 6.07) is 18.5. The highest BCUT2D eigenvalue weighted by molar-refractivity contribution is 5.96. The summed E-state index contributed by atoms with van der Waals surface area (Å²) in [5.41, 5.74) is 5.25. The third-order valence-corrected chi connectivity index (χ3v) is 5.36. The third-order valence-electron chi connectivity index (χ3n) is 5.36. The van der Waals surface area contributed by atoms with Crippen LogP contribution in [0.15, 0.2) is 72.0 Å². The highest BCUT2D eigenvalue weighted by atomic mass is 16.5. The fourth-order valence-corrected chi connectivity index (χ4v) is 3.81. The van der Waals surface area contributed by atoms with Crippen molar-refractivity contribution < 1.29 is 4.74 Å². The Morgan fingerprint density at radius 2 is 2.06 bits per heavy atom. The number of rotatable bonds is 7. The predicted molar refractivity (Wildman–Crippen MR) is 124 cm³/mol. The quantitative estimate of drug-likeness (QED) is 0.470. The average Bonchev–Trinajstić information content (AvgIpc) is 3.21. The number of pyridine rings is 1. The van der Waals surface area contributed by atoms with Gasteiger partial charge >= 0.3 is 0 Å².